The fraction of sp³-hybridized carbons (Fsp3) is 0.368. The molecule has 0 N–H and O–H groups in total. The summed E-state index contributed by atoms with van der Waals surface area (Å²) < 4.78 is 51.9. The van der Waals surface area contributed by atoms with Crippen LogP contribution >= 0.6 is 0 Å². The third kappa shape index (κ3) is 4.10. The summed E-state index contributed by atoms with van der Waals surface area (Å²) >= 11 is 0. The largest absolute Gasteiger partial charge is 0.493 e. The van der Waals surface area contributed by atoms with Gasteiger partial charge in [0.05, 0.1) is 33.1 Å². The van der Waals surface area contributed by atoms with Crippen LogP contribution in [0.25, 0.3) is 11.3 Å². The molecule has 0 fully saturated rings. The molecule has 3 aromatic rings. The lowest BCUT2D eigenvalue weighted by Gasteiger charge is -2.27. The molecule has 1 aliphatic heterocycles. The number of ether oxygens (including phenoxy) is 2. The number of benzene rings is 1. The number of nitrogens with zero attached hydrogens (tertiary/aromatic N) is 6. The van der Waals surface area contributed by atoms with Gasteiger partial charge in [0.15, 0.2) is 11.5 Å². The first-order valence-electron chi connectivity index (χ1n) is 9.32. The van der Waals surface area contributed by atoms with Crippen LogP contribution in [0.5, 0.6) is 11.5 Å². The molecule has 1 aromatic carbocycles. The van der Waals surface area contributed by atoms with Gasteiger partial charge in [-0.25, -0.2) is 4.68 Å². The zero-order valence-electron chi connectivity index (χ0n) is 16.8. The second-order valence-corrected chi connectivity index (χ2v) is 6.91. The molecule has 31 heavy (non-hydrogen) atoms. The summed E-state index contributed by atoms with van der Waals surface area (Å²) in [6, 6.07) is 8.27. The first kappa shape index (κ1) is 20.8. The number of halogens is 3. The van der Waals surface area contributed by atoms with Crippen molar-refractivity contribution in [3.05, 3.63) is 52.3 Å². The highest BCUT2D eigenvalue weighted by atomic mass is 19.4. The molecule has 4 rings (SSSR count). The Morgan fingerprint density at radius 2 is 1.81 bits per heavy atom. The van der Waals surface area contributed by atoms with Crippen molar-refractivity contribution in [1.82, 2.24) is 29.4 Å². The fourth-order valence-corrected chi connectivity index (χ4v) is 3.43. The quantitative estimate of drug-likeness (QED) is 0.605. The Morgan fingerprint density at radius 1 is 1.03 bits per heavy atom. The van der Waals surface area contributed by atoms with Crippen LogP contribution in [0.15, 0.2) is 35.1 Å². The standard InChI is InChI=1S/C19H19F3N6O3/c1-30-14-5-3-12(9-15(14)31-2)13-4-6-17(29)28(25-13)11-26-7-8-27-16(10-26)23-24-18(27)19(20,21)22/h3-6,9H,7-8,10-11H2,1-2H3. The molecule has 0 aliphatic carbocycles. The highest BCUT2D eigenvalue weighted by Gasteiger charge is 2.39. The molecule has 12 heteroatoms. The normalized spacial score (nSPS) is 14.4. The molecule has 0 atom stereocenters. The maximum absolute atomic E-state index is 13.0. The van der Waals surface area contributed by atoms with Gasteiger partial charge in [-0.05, 0) is 24.3 Å². The molecule has 0 bridgehead atoms. The lowest BCUT2D eigenvalue weighted by atomic mass is 10.1. The third-order valence-corrected chi connectivity index (χ3v) is 4.97. The molecule has 0 saturated heterocycles. The van der Waals surface area contributed by atoms with E-state index in [0.717, 1.165) is 10.1 Å². The molecule has 0 spiro atoms. The second kappa shape index (κ2) is 8.02. The van der Waals surface area contributed by atoms with Gasteiger partial charge in [-0.3, -0.25) is 9.69 Å². The van der Waals surface area contributed by atoms with Gasteiger partial charge in [0.25, 0.3) is 5.56 Å². The van der Waals surface area contributed by atoms with Crippen LogP contribution in [0, 0.1) is 0 Å². The van der Waals surface area contributed by atoms with Crippen LogP contribution in [-0.2, 0) is 25.9 Å². The minimum Gasteiger partial charge on any atom is -0.493 e. The van der Waals surface area contributed by atoms with Gasteiger partial charge in [-0.2, -0.15) is 18.3 Å². The first-order valence-corrected chi connectivity index (χ1v) is 9.32. The predicted molar refractivity (Wildman–Crippen MR) is 102 cm³/mol. The van der Waals surface area contributed by atoms with Crippen LogP contribution in [0.2, 0.25) is 0 Å². The number of methoxy groups -OCH3 is 2. The van der Waals surface area contributed by atoms with Gasteiger partial charge >= 0.3 is 6.18 Å². The lowest BCUT2D eigenvalue weighted by molar-refractivity contribution is -0.148. The highest BCUT2D eigenvalue weighted by molar-refractivity contribution is 5.63. The van der Waals surface area contributed by atoms with Crippen molar-refractivity contribution >= 4 is 0 Å². The molecule has 3 heterocycles. The molecule has 0 unspecified atom stereocenters. The topological polar surface area (TPSA) is 87.3 Å². The summed E-state index contributed by atoms with van der Waals surface area (Å²) in [6.45, 7) is 0.593. The zero-order valence-corrected chi connectivity index (χ0v) is 16.8. The molecule has 164 valence electrons. The van der Waals surface area contributed by atoms with Crippen LogP contribution < -0.4 is 15.0 Å². The number of hydrogen-bond acceptors (Lipinski definition) is 7. The van der Waals surface area contributed by atoms with Gasteiger partial charge in [0.2, 0.25) is 5.82 Å². The van der Waals surface area contributed by atoms with Crippen LogP contribution in [0.3, 0.4) is 0 Å². The Morgan fingerprint density at radius 3 is 2.52 bits per heavy atom. The van der Waals surface area contributed by atoms with E-state index >= 15 is 0 Å². The highest BCUT2D eigenvalue weighted by Crippen LogP contribution is 2.31. The molecule has 1 aliphatic rings. The van der Waals surface area contributed by atoms with Crippen molar-refractivity contribution in [1.29, 1.82) is 0 Å². The van der Waals surface area contributed by atoms with Gasteiger partial charge < -0.3 is 14.0 Å². The van der Waals surface area contributed by atoms with Crippen LogP contribution in [0.4, 0.5) is 13.2 Å². The van der Waals surface area contributed by atoms with Crippen molar-refractivity contribution in [2.45, 2.75) is 25.9 Å². The Kier molecular flexibility index (Phi) is 5.39. The molecule has 9 nitrogen and oxygen atoms in total. The molecular weight excluding hydrogens is 417 g/mol. The van der Waals surface area contributed by atoms with Crippen molar-refractivity contribution in [2.24, 2.45) is 0 Å². The lowest BCUT2D eigenvalue weighted by Crippen LogP contribution is -2.39. The van der Waals surface area contributed by atoms with E-state index in [1.165, 1.54) is 25.0 Å². The number of rotatable bonds is 5. The van der Waals surface area contributed by atoms with E-state index in [9.17, 15) is 18.0 Å². The predicted octanol–water partition coefficient (Wildman–Crippen LogP) is 2.01. The van der Waals surface area contributed by atoms with E-state index in [1.807, 2.05) is 0 Å². The Hall–Kier alpha value is -3.41. The third-order valence-electron chi connectivity index (χ3n) is 4.97. The summed E-state index contributed by atoms with van der Waals surface area (Å²) in [5.41, 5.74) is 0.937. The summed E-state index contributed by atoms with van der Waals surface area (Å²) in [5, 5.41) is 11.3. The Balaban J connectivity index is 1.57. The maximum Gasteiger partial charge on any atom is 0.451 e. The van der Waals surface area contributed by atoms with Gasteiger partial charge in [-0.15, -0.1) is 10.2 Å². The Labute approximate surface area is 174 Å². The first-order chi connectivity index (χ1) is 14.8. The number of fused-ring (bicyclic) bond motifs is 1. The fourth-order valence-electron chi connectivity index (χ4n) is 3.43. The van der Waals surface area contributed by atoms with E-state index in [-0.39, 0.29) is 31.1 Å². The van der Waals surface area contributed by atoms with Crippen molar-refractivity contribution in [3.8, 4) is 22.8 Å². The van der Waals surface area contributed by atoms with Gasteiger partial charge in [0.1, 0.15) is 5.82 Å². The number of aromatic nitrogens is 5. The van der Waals surface area contributed by atoms with E-state index in [2.05, 4.69) is 15.3 Å². The van der Waals surface area contributed by atoms with E-state index < -0.39 is 12.0 Å². The van der Waals surface area contributed by atoms with Crippen molar-refractivity contribution < 1.29 is 22.6 Å². The molecule has 0 saturated carbocycles. The summed E-state index contributed by atoms with van der Waals surface area (Å²) in [5.74, 6) is 0.279. The van der Waals surface area contributed by atoms with Crippen LogP contribution in [0.1, 0.15) is 11.6 Å². The van der Waals surface area contributed by atoms with Crippen molar-refractivity contribution in [2.75, 3.05) is 20.8 Å². The molecule has 0 amide bonds. The average Bonchev–Trinajstić information content (AvgIpc) is 3.18. The van der Waals surface area contributed by atoms with Gasteiger partial charge in [0, 0.05) is 24.7 Å². The summed E-state index contributed by atoms with van der Waals surface area (Å²) in [4.78, 5) is 14.1. The van der Waals surface area contributed by atoms with Crippen LogP contribution in [-0.4, -0.2) is 50.2 Å². The molecule has 0 radical (unpaired) electrons. The molecule has 2 aromatic heterocycles. The average molecular weight is 436 g/mol. The molecular formula is C19H19F3N6O3. The minimum atomic E-state index is -4.56. The second-order valence-electron chi connectivity index (χ2n) is 6.91. The maximum atomic E-state index is 13.0. The Bertz CT molecular complexity index is 1160. The number of alkyl halides is 3. The SMILES string of the molecule is COc1ccc(-c2ccc(=O)n(CN3CCn4c(nnc4C(F)(F)F)C3)n2)cc1OC. The van der Waals surface area contributed by atoms with E-state index in [0.29, 0.717) is 23.7 Å². The number of hydrogen-bond donors (Lipinski definition) is 0. The van der Waals surface area contributed by atoms with Crippen molar-refractivity contribution in [3.63, 3.8) is 0 Å². The zero-order chi connectivity index (χ0) is 22.2. The summed E-state index contributed by atoms with van der Waals surface area (Å²) in [6.07, 6.45) is -4.56. The minimum absolute atomic E-state index is 0.0707. The monoisotopic (exact) mass is 436 g/mol. The smallest absolute Gasteiger partial charge is 0.451 e. The summed E-state index contributed by atoms with van der Waals surface area (Å²) in [7, 11) is 3.06. The van der Waals surface area contributed by atoms with E-state index in [4.69, 9.17) is 9.47 Å². The van der Waals surface area contributed by atoms with E-state index in [1.54, 1.807) is 29.2 Å². The van der Waals surface area contributed by atoms with Gasteiger partial charge in [-0.1, -0.05) is 0 Å².